The summed E-state index contributed by atoms with van der Waals surface area (Å²) in [5.74, 6) is 0. The molecule has 0 aliphatic heterocycles. The van der Waals surface area contributed by atoms with E-state index in [1.807, 2.05) is 12.4 Å². The van der Waals surface area contributed by atoms with Gasteiger partial charge in [-0.1, -0.05) is 36.4 Å². The van der Waals surface area contributed by atoms with Crippen molar-refractivity contribution < 1.29 is 0 Å². The molecule has 100 valence electrons. The highest BCUT2D eigenvalue weighted by atomic mass is 14.9. The van der Waals surface area contributed by atoms with E-state index in [9.17, 15) is 0 Å². The lowest BCUT2D eigenvalue weighted by Gasteiger charge is -2.16. The van der Waals surface area contributed by atoms with E-state index in [1.165, 1.54) is 21.9 Å². The Balaban J connectivity index is 1.86. The molecule has 1 heterocycles. The quantitative estimate of drug-likeness (QED) is 0.739. The van der Waals surface area contributed by atoms with Gasteiger partial charge in [0, 0.05) is 18.4 Å². The van der Waals surface area contributed by atoms with Crippen LogP contribution in [0.15, 0.2) is 60.9 Å². The summed E-state index contributed by atoms with van der Waals surface area (Å²) in [6, 6.07) is 17.4. The minimum Gasteiger partial charge on any atom is -0.377 e. The van der Waals surface area contributed by atoms with Gasteiger partial charge in [0.1, 0.15) is 0 Å². The second kappa shape index (κ2) is 5.33. The molecule has 1 N–H and O–H groups in total. The predicted octanol–water partition coefficient (Wildman–Crippen LogP) is 4.72. The molecule has 20 heavy (non-hydrogen) atoms. The Morgan fingerprint density at radius 3 is 2.55 bits per heavy atom. The molecule has 0 saturated heterocycles. The number of nitrogens with zero attached hydrogens (tertiary/aromatic N) is 1. The molecule has 0 saturated carbocycles. The summed E-state index contributed by atoms with van der Waals surface area (Å²) < 4.78 is 0. The van der Waals surface area contributed by atoms with Crippen LogP contribution in [0.4, 0.5) is 5.69 Å². The minimum absolute atomic E-state index is 0.253. The number of fused-ring (bicyclic) bond motifs is 1. The van der Waals surface area contributed by atoms with E-state index in [0.29, 0.717) is 0 Å². The van der Waals surface area contributed by atoms with Gasteiger partial charge >= 0.3 is 0 Å². The van der Waals surface area contributed by atoms with Gasteiger partial charge in [0.05, 0.1) is 5.69 Å². The summed E-state index contributed by atoms with van der Waals surface area (Å²) in [5.41, 5.74) is 3.51. The lowest BCUT2D eigenvalue weighted by Crippen LogP contribution is -2.06. The number of benzene rings is 2. The van der Waals surface area contributed by atoms with Gasteiger partial charge < -0.3 is 5.32 Å². The maximum atomic E-state index is 4.22. The summed E-state index contributed by atoms with van der Waals surface area (Å²) in [6.07, 6.45) is 3.73. The molecule has 3 rings (SSSR count). The highest BCUT2D eigenvalue weighted by Crippen LogP contribution is 2.23. The van der Waals surface area contributed by atoms with E-state index >= 15 is 0 Å². The van der Waals surface area contributed by atoms with E-state index in [1.54, 1.807) is 0 Å². The number of hydrogen-bond acceptors (Lipinski definition) is 2. The molecule has 2 nitrogen and oxygen atoms in total. The molecule has 2 aromatic carbocycles. The molecule has 1 aromatic heterocycles. The van der Waals surface area contributed by atoms with Gasteiger partial charge in [0.25, 0.3) is 0 Å². The van der Waals surface area contributed by atoms with Crippen molar-refractivity contribution in [2.75, 3.05) is 5.32 Å². The van der Waals surface area contributed by atoms with Crippen LogP contribution in [0, 0.1) is 6.92 Å². The first kappa shape index (κ1) is 12.7. The Hall–Kier alpha value is -2.35. The van der Waals surface area contributed by atoms with Crippen molar-refractivity contribution in [1.82, 2.24) is 4.98 Å². The lowest BCUT2D eigenvalue weighted by molar-refractivity contribution is 0.884. The third kappa shape index (κ3) is 2.64. The molecule has 0 aliphatic carbocycles. The first-order valence-electron chi connectivity index (χ1n) is 6.89. The van der Waals surface area contributed by atoms with Gasteiger partial charge in [-0.25, -0.2) is 0 Å². The van der Waals surface area contributed by atoms with Crippen molar-refractivity contribution in [3.8, 4) is 0 Å². The molecule has 0 amide bonds. The topological polar surface area (TPSA) is 24.9 Å². The average molecular weight is 262 g/mol. The Morgan fingerprint density at radius 1 is 0.950 bits per heavy atom. The lowest BCUT2D eigenvalue weighted by atomic mass is 10.0. The summed E-state index contributed by atoms with van der Waals surface area (Å²) in [4.78, 5) is 4.22. The summed E-state index contributed by atoms with van der Waals surface area (Å²) in [5, 5.41) is 6.06. The zero-order chi connectivity index (χ0) is 13.9. The molecule has 0 fully saturated rings. The number of aromatic nitrogens is 1. The summed E-state index contributed by atoms with van der Waals surface area (Å²) in [7, 11) is 0. The Morgan fingerprint density at radius 2 is 1.75 bits per heavy atom. The van der Waals surface area contributed by atoms with Crippen LogP contribution in [0.5, 0.6) is 0 Å². The largest absolute Gasteiger partial charge is 0.377 e. The van der Waals surface area contributed by atoms with Gasteiger partial charge in [-0.15, -0.1) is 0 Å². The molecule has 0 spiro atoms. The van der Waals surface area contributed by atoms with E-state index in [0.717, 1.165) is 5.69 Å². The Kier molecular flexibility index (Phi) is 3.38. The summed E-state index contributed by atoms with van der Waals surface area (Å²) in [6.45, 7) is 4.23. The molecule has 1 atom stereocenters. The molecule has 1 unspecified atom stereocenters. The smallest absolute Gasteiger partial charge is 0.0534 e. The average Bonchev–Trinajstić information content (AvgIpc) is 2.47. The van der Waals surface area contributed by atoms with Crippen LogP contribution in [-0.4, -0.2) is 4.98 Å². The fourth-order valence-corrected chi connectivity index (χ4v) is 2.44. The Bertz CT molecular complexity index is 734. The van der Waals surface area contributed by atoms with Crippen molar-refractivity contribution in [2.24, 2.45) is 0 Å². The zero-order valence-electron chi connectivity index (χ0n) is 11.8. The van der Waals surface area contributed by atoms with E-state index in [4.69, 9.17) is 0 Å². The first-order valence-corrected chi connectivity index (χ1v) is 6.89. The molecule has 0 bridgehead atoms. The maximum Gasteiger partial charge on any atom is 0.0534 e. The fourth-order valence-electron chi connectivity index (χ4n) is 2.44. The first-order chi connectivity index (χ1) is 9.72. The van der Waals surface area contributed by atoms with E-state index in [-0.39, 0.29) is 6.04 Å². The monoisotopic (exact) mass is 262 g/mol. The van der Waals surface area contributed by atoms with Crippen molar-refractivity contribution in [3.05, 3.63) is 72.1 Å². The molecular formula is C18H18N2. The van der Waals surface area contributed by atoms with Crippen LogP contribution < -0.4 is 5.32 Å². The second-order valence-electron chi connectivity index (χ2n) is 5.22. The number of nitrogens with one attached hydrogen (secondary N) is 1. The van der Waals surface area contributed by atoms with Crippen LogP contribution in [0.3, 0.4) is 0 Å². The van der Waals surface area contributed by atoms with Crippen LogP contribution in [0.2, 0.25) is 0 Å². The number of aryl methyl sites for hydroxylation is 1. The van der Waals surface area contributed by atoms with Gasteiger partial charge in [-0.05, 0) is 47.9 Å². The minimum atomic E-state index is 0.253. The van der Waals surface area contributed by atoms with Gasteiger partial charge in [-0.2, -0.15) is 0 Å². The predicted molar refractivity (Wildman–Crippen MR) is 85.0 cm³/mol. The molecule has 0 radical (unpaired) electrons. The third-order valence-corrected chi connectivity index (χ3v) is 3.53. The van der Waals surface area contributed by atoms with Gasteiger partial charge in [0.15, 0.2) is 0 Å². The second-order valence-corrected chi connectivity index (χ2v) is 5.22. The Labute approximate surface area is 119 Å². The molecular weight excluding hydrogens is 244 g/mol. The molecule has 2 heteroatoms. The van der Waals surface area contributed by atoms with E-state index < -0.39 is 0 Å². The van der Waals surface area contributed by atoms with Gasteiger partial charge in [-0.3, -0.25) is 4.98 Å². The van der Waals surface area contributed by atoms with Crippen molar-refractivity contribution in [3.63, 3.8) is 0 Å². The third-order valence-electron chi connectivity index (χ3n) is 3.53. The van der Waals surface area contributed by atoms with Crippen molar-refractivity contribution in [2.45, 2.75) is 19.9 Å². The number of pyridine rings is 1. The van der Waals surface area contributed by atoms with E-state index in [2.05, 4.69) is 72.7 Å². The maximum absolute atomic E-state index is 4.22. The van der Waals surface area contributed by atoms with Crippen LogP contribution in [0.1, 0.15) is 24.1 Å². The highest BCUT2D eigenvalue weighted by Gasteiger charge is 2.06. The fraction of sp³-hybridized carbons (Fsp3) is 0.167. The normalized spacial score (nSPS) is 12.3. The van der Waals surface area contributed by atoms with Crippen molar-refractivity contribution >= 4 is 16.5 Å². The number of hydrogen-bond donors (Lipinski definition) is 1. The van der Waals surface area contributed by atoms with Gasteiger partial charge in [0.2, 0.25) is 0 Å². The van der Waals surface area contributed by atoms with Crippen LogP contribution >= 0.6 is 0 Å². The molecule has 0 aliphatic rings. The number of rotatable bonds is 3. The number of anilines is 1. The highest BCUT2D eigenvalue weighted by molar-refractivity contribution is 5.83. The molecule has 3 aromatic rings. The standard InChI is InChI=1S/C18H18N2/c1-13-9-18(12-19-11-13)20-14(2)16-8-7-15-5-3-4-6-17(15)10-16/h3-12,14,20H,1-2H3. The van der Waals surface area contributed by atoms with Crippen LogP contribution in [-0.2, 0) is 0 Å². The van der Waals surface area contributed by atoms with Crippen LogP contribution in [0.25, 0.3) is 10.8 Å². The SMILES string of the molecule is Cc1cncc(NC(C)c2ccc3ccccc3c2)c1. The van der Waals surface area contributed by atoms with Crippen molar-refractivity contribution in [1.29, 1.82) is 0 Å². The summed E-state index contributed by atoms with van der Waals surface area (Å²) >= 11 is 0. The zero-order valence-corrected chi connectivity index (χ0v) is 11.8.